The predicted molar refractivity (Wildman–Crippen MR) is 77.0 cm³/mol. The fourth-order valence-electron chi connectivity index (χ4n) is 1.67. The molecule has 6 heteroatoms. The number of hydrogen-bond donors (Lipinski definition) is 1. The minimum Gasteiger partial charge on any atom is -0.380 e. The Morgan fingerprint density at radius 1 is 1.15 bits per heavy atom. The summed E-state index contributed by atoms with van der Waals surface area (Å²) in [4.78, 5) is 0.459. The SMILES string of the molecule is Fc1ccc(CNc2ccccc2SC(F)F)c(Cl)c1. The molecule has 0 atom stereocenters. The molecule has 0 fully saturated rings. The molecule has 0 bridgehead atoms. The van der Waals surface area contributed by atoms with Gasteiger partial charge in [0.1, 0.15) is 5.82 Å². The van der Waals surface area contributed by atoms with Crippen molar-refractivity contribution < 1.29 is 13.2 Å². The number of nitrogens with one attached hydrogen (secondary N) is 1. The van der Waals surface area contributed by atoms with Gasteiger partial charge in [-0.2, -0.15) is 8.78 Å². The minimum absolute atomic E-state index is 0.302. The standard InChI is InChI=1S/C14H11ClF3NS/c15-11-7-10(16)6-5-9(11)8-19-12-3-1-2-4-13(12)20-14(17)18/h1-7,14,19H,8H2. The molecule has 2 aromatic carbocycles. The van der Waals surface area contributed by atoms with Gasteiger partial charge in [0, 0.05) is 22.2 Å². The van der Waals surface area contributed by atoms with E-state index in [4.69, 9.17) is 11.6 Å². The smallest absolute Gasteiger partial charge is 0.288 e. The Bertz CT molecular complexity index is 592. The number of halogens is 4. The molecule has 0 amide bonds. The first kappa shape index (κ1) is 15.1. The van der Waals surface area contributed by atoms with Crippen LogP contribution in [-0.4, -0.2) is 5.76 Å². The summed E-state index contributed by atoms with van der Waals surface area (Å²) < 4.78 is 37.8. The van der Waals surface area contributed by atoms with Crippen molar-refractivity contribution in [1.82, 2.24) is 0 Å². The molecule has 0 heterocycles. The first-order valence-electron chi connectivity index (χ1n) is 5.78. The van der Waals surface area contributed by atoms with E-state index in [1.54, 1.807) is 30.3 Å². The van der Waals surface area contributed by atoms with Crippen LogP contribution in [-0.2, 0) is 6.54 Å². The molecule has 0 aliphatic carbocycles. The van der Waals surface area contributed by atoms with Crippen LogP contribution in [0, 0.1) is 5.82 Å². The Hall–Kier alpha value is -1.33. The van der Waals surface area contributed by atoms with E-state index in [1.807, 2.05) is 0 Å². The van der Waals surface area contributed by atoms with Gasteiger partial charge in [-0.1, -0.05) is 41.6 Å². The molecule has 0 saturated carbocycles. The summed E-state index contributed by atoms with van der Waals surface area (Å²) in [6.45, 7) is 0.333. The first-order chi connectivity index (χ1) is 9.56. The lowest BCUT2D eigenvalue weighted by molar-refractivity contribution is 0.252. The second-order valence-corrected chi connectivity index (χ2v) is 5.40. The highest BCUT2D eigenvalue weighted by Crippen LogP contribution is 2.32. The van der Waals surface area contributed by atoms with Crippen LogP contribution in [0.25, 0.3) is 0 Å². The van der Waals surface area contributed by atoms with E-state index in [0.717, 1.165) is 0 Å². The summed E-state index contributed by atoms with van der Waals surface area (Å²) in [6.07, 6.45) is 0. The number of thioether (sulfide) groups is 1. The third-order valence-electron chi connectivity index (χ3n) is 2.59. The Morgan fingerprint density at radius 2 is 1.90 bits per heavy atom. The summed E-state index contributed by atoms with van der Waals surface area (Å²) in [7, 11) is 0. The zero-order valence-electron chi connectivity index (χ0n) is 10.2. The van der Waals surface area contributed by atoms with Gasteiger partial charge in [0.15, 0.2) is 0 Å². The maximum atomic E-state index is 12.9. The molecular formula is C14H11ClF3NS. The zero-order valence-corrected chi connectivity index (χ0v) is 11.8. The maximum Gasteiger partial charge on any atom is 0.288 e. The van der Waals surface area contributed by atoms with Crippen molar-refractivity contribution in [3.63, 3.8) is 0 Å². The largest absolute Gasteiger partial charge is 0.380 e. The van der Waals surface area contributed by atoms with E-state index in [9.17, 15) is 13.2 Å². The molecule has 0 aliphatic heterocycles. The van der Waals surface area contributed by atoms with Gasteiger partial charge in [-0.05, 0) is 29.8 Å². The van der Waals surface area contributed by atoms with Crippen LogP contribution in [0.2, 0.25) is 5.02 Å². The Balaban J connectivity index is 2.10. The molecule has 0 aliphatic rings. The number of benzene rings is 2. The molecular weight excluding hydrogens is 307 g/mol. The molecule has 0 unspecified atom stereocenters. The van der Waals surface area contributed by atoms with E-state index < -0.39 is 11.6 Å². The summed E-state index contributed by atoms with van der Waals surface area (Å²) >= 11 is 6.39. The molecule has 0 radical (unpaired) electrons. The van der Waals surface area contributed by atoms with Crippen LogP contribution < -0.4 is 5.32 Å². The van der Waals surface area contributed by atoms with Crippen LogP contribution in [0.15, 0.2) is 47.4 Å². The second-order valence-electron chi connectivity index (χ2n) is 3.96. The van der Waals surface area contributed by atoms with E-state index in [-0.39, 0.29) is 0 Å². The van der Waals surface area contributed by atoms with Crippen molar-refractivity contribution in [1.29, 1.82) is 0 Å². The van der Waals surface area contributed by atoms with Crippen molar-refractivity contribution >= 4 is 29.1 Å². The van der Waals surface area contributed by atoms with Crippen LogP contribution in [0.3, 0.4) is 0 Å². The number of alkyl halides is 2. The third kappa shape index (κ3) is 4.08. The van der Waals surface area contributed by atoms with Gasteiger partial charge in [0.25, 0.3) is 5.76 Å². The van der Waals surface area contributed by atoms with Gasteiger partial charge in [-0.15, -0.1) is 0 Å². The molecule has 2 rings (SSSR count). The number of hydrogen-bond acceptors (Lipinski definition) is 2. The monoisotopic (exact) mass is 317 g/mol. The molecule has 0 saturated heterocycles. The normalized spacial score (nSPS) is 10.8. The van der Waals surface area contributed by atoms with Gasteiger partial charge in [-0.25, -0.2) is 4.39 Å². The quantitative estimate of drug-likeness (QED) is 0.740. The summed E-state index contributed by atoms with van der Waals surface area (Å²) in [5.74, 6) is -2.89. The molecule has 20 heavy (non-hydrogen) atoms. The lowest BCUT2D eigenvalue weighted by Gasteiger charge is -2.12. The minimum atomic E-state index is -2.48. The van der Waals surface area contributed by atoms with Crippen LogP contribution in [0.1, 0.15) is 5.56 Å². The van der Waals surface area contributed by atoms with Crippen molar-refractivity contribution in [2.75, 3.05) is 5.32 Å². The lowest BCUT2D eigenvalue weighted by atomic mass is 10.2. The molecule has 0 spiro atoms. The van der Waals surface area contributed by atoms with Crippen LogP contribution in [0.5, 0.6) is 0 Å². The van der Waals surface area contributed by atoms with Crippen molar-refractivity contribution in [2.24, 2.45) is 0 Å². The number of rotatable bonds is 5. The van der Waals surface area contributed by atoms with Crippen molar-refractivity contribution in [3.8, 4) is 0 Å². The Labute approximate surface area is 124 Å². The van der Waals surface area contributed by atoms with Crippen molar-refractivity contribution in [2.45, 2.75) is 17.2 Å². The van der Waals surface area contributed by atoms with E-state index in [2.05, 4.69) is 5.32 Å². The van der Waals surface area contributed by atoms with Crippen LogP contribution >= 0.6 is 23.4 Å². The summed E-state index contributed by atoms with van der Waals surface area (Å²) in [5, 5.41) is 3.34. The molecule has 0 aromatic heterocycles. The highest BCUT2D eigenvalue weighted by Gasteiger charge is 2.10. The van der Waals surface area contributed by atoms with Gasteiger partial charge in [0.2, 0.25) is 0 Å². The summed E-state index contributed by atoms with van der Waals surface area (Å²) in [6, 6.07) is 10.9. The second kappa shape index (κ2) is 6.90. The topological polar surface area (TPSA) is 12.0 Å². The van der Waals surface area contributed by atoms with Gasteiger partial charge >= 0.3 is 0 Å². The Kier molecular flexibility index (Phi) is 5.20. The van der Waals surface area contributed by atoms with E-state index in [0.29, 0.717) is 39.5 Å². The molecule has 1 N–H and O–H groups in total. The Morgan fingerprint density at radius 3 is 2.60 bits per heavy atom. The summed E-state index contributed by atoms with van der Waals surface area (Å²) in [5.41, 5.74) is 1.29. The van der Waals surface area contributed by atoms with Crippen molar-refractivity contribution in [3.05, 3.63) is 58.9 Å². The van der Waals surface area contributed by atoms with Gasteiger partial charge in [-0.3, -0.25) is 0 Å². The number of anilines is 1. The fraction of sp³-hybridized carbons (Fsp3) is 0.143. The highest BCUT2D eigenvalue weighted by molar-refractivity contribution is 7.99. The third-order valence-corrected chi connectivity index (χ3v) is 3.73. The van der Waals surface area contributed by atoms with Gasteiger partial charge in [0.05, 0.1) is 0 Å². The zero-order chi connectivity index (χ0) is 14.5. The highest BCUT2D eigenvalue weighted by atomic mass is 35.5. The van der Waals surface area contributed by atoms with E-state index >= 15 is 0 Å². The molecule has 2 aromatic rings. The maximum absolute atomic E-state index is 12.9. The average molecular weight is 318 g/mol. The predicted octanol–water partition coefficient (Wildman–Crippen LogP) is 5.41. The van der Waals surface area contributed by atoms with Gasteiger partial charge < -0.3 is 5.32 Å². The van der Waals surface area contributed by atoms with E-state index in [1.165, 1.54) is 12.1 Å². The lowest BCUT2D eigenvalue weighted by Crippen LogP contribution is -2.02. The molecule has 106 valence electrons. The average Bonchev–Trinajstić information content (AvgIpc) is 2.39. The van der Waals surface area contributed by atoms with Crippen LogP contribution in [0.4, 0.5) is 18.9 Å². The fourth-order valence-corrected chi connectivity index (χ4v) is 2.52. The molecule has 1 nitrogen and oxygen atoms in total. The number of para-hydroxylation sites is 1. The first-order valence-corrected chi connectivity index (χ1v) is 7.03.